The van der Waals surface area contributed by atoms with Gasteiger partial charge in [-0.05, 0) is 19.3 Å². The molecule has 0 aliphatic carbocycles. The zero-order valence-electron chi connectivity index (χ0n) is 8.81. The topological polar surface area (TPSA) is 27.1 Å². The van der Waals surface area contributed by atoms with Gasteiger partial charge in [-0.15, -0.1) is 0 Å². The molecular formula is C11H22N2. The smallest absolute Gasteiger partial charge is 0.0957 e. The molecule has 1 N–H and O–H groups in total. The van der Waals surface area contributed by atoms with E-state index in [4.69, 9.17) is 5.41 Å². The predicted molar refractivity (Wildman–Crippen MR) is 57.3 cm³/mol. The van der Waals surface area contributed by atoms with Gasteiger partial charge in [0.05, 0.1) is 5.84 Å². The van der Waals surface area contributed by atoms with E-state index < -0.39 is 0 Å². The summed E-state index contributed by atoms with van der Waals surface area (Å²) >= 11 is 0. The molecule has 0 atom stereocenters. The Balaban J connectivity index is 2.32. The van der Waals surface area contributed by atoms with Gasteiger partial charge in [0.2, 0.25) is 0 Å². The highest BCUT2D eigenvalue weighted by atomic mass is 15.2. The minimum atomic E-state index is 0.865. The van der Waals surface area contributed by atoms with Crippen LogP contribution in [0, 0.1) is 5.41 Å². The lowest BCUT2D eigenvalue weighted by Crippen LogP contribution is -2.33. The van der Waals surface area contributed by atoms with E-state index in [1.165, 1.54) is 32.1 Å². The second-order valence-electron chi connectivity index (χ2n) is 3.95. The normalized spacial score (nSPS) is 19.3. The van der Waals surface area contributed by atoms with Crippen LogP contribution in [-0.4, -0.2) is 23.8 Å². The van der Waals surface area contributed by atoms with Crippen molar-refractivity contribution in [3.8, 4) is 0 Å². The van der Waals surface area contributed by atoms with Crippen LogP contribution in [0.25, 0.3) is 0 Å². The summed E-state index contributed by atoms with van der Waals surface area (Å²) in [4.78, 5) is 2.28. The average Bonchev–Trinajstić information content (AvgIpc) is 2.03. The number of hydrogen-bond acceptors (Lipinski definition) is 1. The third-order valence-corrected chi connectivity index (χ3v) is 2.72. The van der Waals surface area contributed by atoms with Crippen molar-refractivity contribution in [2.45, 2.75) is 51.9 Å². The summed E-state index contributed by atoms with van der Waals surface area (Å²) in [6.07, 6.45) is 8.74. The Hall–Kier alpha value is -0.530. The van der Waals surface area contributed by atoms with Crippen molar-refractivity contribution in [3.05, 3.63) is 0 Å². The molecule has 13 heavy (non-hydrogen) atoms. The van der Waals surface area contributed by atoms with Gasteiger partial charge in [0.25, 0.3) is 0 Å². The number of likely N-dealkylation sites (tertiary alicyclic amines) is 1. The van der Waals surface area contributed by atoms with Gasteiger partial charge < -0.3 is 4.90 Å². The van der Waals surface area contributed by atoms with Crippen molar-refractivity contribution in [1.29, 1.82) is 5.41 Å². The van der Waals surface area contributed by atoms with Gasteiger partial charge in [0, 0.05) is 19.5 Å². The van der Waals surface area contributed by atoms with Crippen molar-refractivity contribution in [2.24, 2.45) is 0 Å². The van der Waals surface area contributed by atoms with E-state index >= 15 is 0 Å². The van der Waals surface area contributed by atoms with Crippen LogP contribution in [-0.2, 0) is 0 Å². The Kier molecular flexibility index (Phi) is 4.87. The molecule has 0 bridgehead atoms. The maximum atomic E-state index is 7.88. The molecule has 2 nitrogen and oxygen atoms in total. The van der Waals surface area contributed by atoms with Gasteiger partial charge in [-0.25, -0.2) is 0 Å². The summed E-state index contributed by atoms with van der Waals surface area (Å²) in [6.45, 7) is 4.40. The fourth-order valence-electron chi connectivity index (χ4n) is 1.91. The number of hydrogen-bond donors (Lipinski definition) is 1. The largest absolute Gasteiger partial charge is 0.361 e. The summed E-state index contributed by atoms with van der Waals surface area (Å²) in [5, 5.41) is 7.88. The molecule has 76 valence electrons. The van der Waals surface area contributed by atoms with E-state index in [9.17, 15) is 0 Å². The maximum absolute atomic E-state index is 7.88. The molecule has 1 heterocycles. The second-order valence-corrected chi connectivity index (χ2v) is 3.95. The van der Waals surface area contributed by atoms with Crippen LogP contribution in [0.2, 0.25) is 0 Å². The van der Waals surface area contributed by atoms with E-state index in [-0.39, 0.29) is 0 Å². The number of rotatable bonds is 2. The monoisotopic (exact) mass is 182 g/mol. The lowest BCUT2D eigenvalue weighted by Gasteiger charge is -2.26. The second kappa shape index (κ2) is 6.01. The van der Waals surface area contributed by atoms with Crippen LogP contribution in [0.4, 0.5) is 0 Å². The fraction of sp³-hybridized carbons (Fsp3) is 0.909. The molecule has 1 fully saturated rings. The van der Waals surface area contributed by atoms with E-state index in [0.29, 0.717) is 0 Å². The minimum Gasteiger partial charge on any atom is -0.361 e. The van der Waals surface area contributed by atoms with Gasteiger partial charge in [0.1, 0.15) is 0 Å². The number of nitrogens with zero attached hydrogens (tertiary/aromatic N) is 1. The average molecular weight is 182 g/mol. The lowest BCUT2D eigenvalue weighted by atomic mass is 10.1. The van der Waals surface area contributed by atoms with Crippen LogP contribution < -0.4 is 0 Å². The first-order chi connectivity index (χ1) is 6.34. The Labute approximate surface area is 81.8 Å². The molecule has 1 rings (SSSR count). The molecular weight excluding hydrogens is 160 g/mol. The third-order valence-electron chi connectivity index (χ3n) is 2.72. The molecule has 0 radical (unpaired) electrons. The van der Waals surface area contributed by atoms with Gasteiger partial charge >= 0.3 is 0 Å². The summed E-state index contributed by atoms with van der Waals surface area (Å²) < 4.78 is 0. The fourth-order valence-corrected chi connectivity index (χ4v) is 1.91. The molecule has 1 aliphatic heterocycles. The Morgan fingerprint density at radius 2 is 1.62 bits per heavy atom. The first-order valence-corrected chi connectivity index (χ1v) is 5.67. The van der Waals surface area contributed by atoms with Crippen LogP contribution in [0.3, 0.4) is 0 Å². The molecule has 2 heteroatoms. The molecule has 0 spiro atoms. The Morgan fingerprint density at radius 1 is 1.08 bits per heavy atom. The van der Waals surface area contributed by atoms with Crippen molar-refractivity contribution in [3.63, 3.8) is 0 Å². The zero-order chi connectivity index (χ0) is 9.52. The van der Waals surface area contributed by atoms with Crippen molar-refractivity contribution < 1.29 is 0 Å². The van der Waals surface area contributed by atoms with E-state index in [2.05, 4.69) is 11.8 Å². The van der Waals surface area contributed by atoms with E-state index in [1.807, 2.05) is 0 Å². The molecule has 1 saturated heterocycles. The molecule has 0 unspecified atom stereocenters. The minimum absolute atomic E-state index is 0.865. The highest BCUT2D eigenvalue weighted by Gasteiger charge is 2.10. The maximum Gasteiger partial charge on any atom is 0.0957 e. The third kappa shape index (κ3) is 3.79. The van der Waals surface area contributed by atoms with Crippen molar-refractivity contribution in [1.82, 2.24) is 4.90 Å². The molecule has 0 aromatic carbocycles. The van der Waals surface area contributed by atoms with Crippen LogP contribution in [0.1, 0.15) is 51.9 Å². The summed E-state index contributed by atoms with van der Waals surface area (Å²) in [5.41, 5.74) is 0. The lowest BCUT2D eigenvalue weighted by molar-refractivity contribution is 0.354. The molecule has 0 aromatic rings. The van der Waals surface area contributed by atoms with Crippen molar-refractivity contribution in [2.75, 3.05) is 13.1 Å². The quantitative estimate of drug-likeness (QED) is 0.516. The highest BCUT2D eigenvalue weighted by Crippen LogP contribution is 2.11. The SMILES string of the molecule is CCCC(=N)N1CCCCCCC1. The van der Waals surface area contributed by atoms with Crippen LogP contribution in [0.5, 0.6) is 0 Å². The standard InChI is InChI=1S/C11H22N2/c1-2-8-11(12)13-9-6-4-3-5-7-10-13/h12H,2-10H2,1H3. The first kappa shape index (κ1) is 10.6. The van der Waals surface area contributed by atoms with Crippen LogP contribution >= 0.6 is 0 Å². The zero-order valence-corrected chi connectivity index (χ0v) is 8.81. The van der Waals surface area contributed by atoms with Crippen LogP contribution in [0.15, 0.2) is 0 Å². The van der Waals surface area contributed by atoms with Crippen molar-refractivity contribution >= 4 is 5.84 Å². The summed E-state index contributed by atoms with van der Waals surface area (Å²) in [7, 11) is 0. The van der Waals surface area contributed by atoms with Gasteiger partial charge in [0.15, 0.2) is 0 Å². The Morgan fingerprint density at radius 3 is 2.15 bits per heavy atom. The molecule has 0 amide bonds. The molecule has 0 saturated carbocycles. The van der Waals surface area contributed by atoms with Gasteiger partial charge in [-0.1, -0.05) is 26.2 Å². The first-order valence-electron chi connectivity index (χ1n) is 5.67. The molecule has 0 aromatic heterocycles. The molecule has 1 aliphatic rings. The predicted octanol–water partition coefficient (Wildman–Crippen LogP) is 3.03. The Bertz CT molecular complexity index is 146. The van der Waals surface area contributed by atoms with E-state index in [0.717, 1.165) is 31.8 Å². The summed E-state index contributed by atoms with van der Waals surface area (Å²) in [5.74, 6) is 0.865. The number of amidine groups is 1. The highest BCUT2D eigenvalue weighted by molar-refractivity contribution is 5.79. The van der Waals surface area contributed by atoms with E-state index in [1.54, 1.807) is 0 Å². The number of nitrogens with one attached hydrogen (secondary N) is 1. The van der Waals surface area contributed by atoms with Gasteiger partial charge in [-0.2, -0.15) is 0 Å². The summed E-state index contributed by atoms with van der Waals surface area (Å²) in [6, 6.07) is 0. The van der Waals surface area contributed by atoms with Gasteiger partial charge in [-0.3, -0.25) is 5.41 Å².